The van der Waals surface area contributed by atoms with E-state index < -0.39 is 0 Å². The molecule has 0 amide bonds. The van der Waals surface area contributed by atoms with Crippen molar-refractivity contribution >= 4 is 22.1 Å². The Kier molecular flexibility index (Phi) is 3.28. The van der Waals surface area contributed by atoms with Crippen LogP contribution in [-0.4, -0.2) is 7.05 Å². The Morgan fingerprint density at radius 1 is 1.05 bits per heavy atom. The van der Waals surface area contributed by atoms with E-state index in [1.807, 2.05) is 11.3 Å². The van der Waals surface area contributed by atoms with Crippen molar-refractivity contribution in [3.8, 4) is 0 Å². The number of hydrogen-bond acceptors (Lipinski definition) is 2. The Labute approximate surface area is 129 Å². The van der Waals surface area contributed by atoms with Gasteiger partial charge in [0, 0.05) is 9.75 Å². The predicted octanol–water partition coefficient (Wildman–Crippen LogP) is 4.70. The van der Waals surface area contributed by atoms with Gasteiger partial charge in [-0.2, -0.15) is 0 Å². The quantitative estimate of drug-likeness (QED) is 0.738. The normalized spacial score (nSPS) is 15.3. The molecule has 3 aromatic rings. The average molecular weight is 293 g/mol. The maximum absolute atomic E-state index is 3.53. The molecular weight excluding hydrogens is 274 g/mol. The van der Waals surface area contributed by atoms with Crippen molar-refractivity contribution in [3.63, 3.8) is 0 Å². The van der Waals surface area contributed by atoms with Gasteiger partial charge in [-0.25, -0.2) is 0 Å². The minimum absolute atomic E-state index is 0.298. The molecule has 1 unspecified atom stereocenters. The van der Waals surface area contributed by atoms with Gasteiger partial charge in [0.15, 0.2) is 0 Å². The Morgan fingerprint density at radius 2 is 1.90 bits per heavy atom. The van der Waals surface area contributed by atoms with E-state index in [9.17, 15) is 0 Å². The van der Waals surface area contributed by atoms with Crippen molar-refractivity contribution in [2.24, 2.45) is 0 Å². The Balaban J connectivity index is 1.84. The van der Waals surface area contributed by atoms with Crippen LogP contribution in [0.1, 0.15) is 33.3 Å². The zero-order chi connectivity index (χ0) is 14.2. The van der Waals surface area contributed by atoms with E-state index in [1.54, 1.807) is 10.4 Å². The summed E-state index contributed by atoms with van der Waals surface area (Å²) in [5.74, 6) is 0. The summed E-state index contributed by atoms with van der Waals surface area (Å²) in [7, 11) is 2.07. The Morgan fingerprint density at radius 3 is 2.76 bits per heavy atom. The van der Waals surface area contributed by atoms with Crippen molar-refractivity contribution in [1.29, 1.82) is 0 Å². The lowest BCUT2D eigenvalue weighted by Gasteiger charge is -2.17. The van der Waals surface area contributed by atoms with Crippen molar-refractivity contribution < 1.29 is 0 Å². The summed E-state index contributed by atoms with van der Waals surface area (Å²) in [6, 6.07) is 18.0. The first kappa shape index (κ1) is 13.1. The SMILES string of the molecule is CNC(c1cc2c(s1)CCC2)c1cccc2ccccc12. The molecule has 21 heavy (non-hydrogen) atoms. The third kappa shape index (κ3) is 2.19. The van der Waals surface area contributed by atoms with E-state index in [1.165, 1.54) is 40.5 Å². The summed E-state index contributed by atoms with van der Waals surface area (Å²) in [5, 5.41) is 6.20. The van der Waals surface area contributed by atoms with Crippen LogP contribution in [0.2, 0.25) is 0 Å². The molecule has 1 N–H and O–H groups in total. The van der Waals surface area contributed by atoms with Gasteiger partial charge in [-0.05, 0) is 54.3 Å². The van der Waals surface area contributed by atoms with Crippen LogP contribution in [0, 0.1) is 0 Å². The number of hydrogen-bond donors (Lipinski definition) is 1. The molecule has 1 nitrogen and oxygen atoms in total. The molecule has 0 fully saturated rings. The third-order valence-electron chi connectivity index (χ3n) is 4.47. The van der Waals surface area contributed by atoms with Crippen molar-refractivity contribution in [2.75, 3.05) is 7.05 Å². The summed E-state index contributed by atoms with van der Waals surface area (Å²) in [4.78, 5) is 3.06. The third-order valence-corrected chi connectivity index (χ3v) is 5.78. The maximum atomic E-state index is 3.53. The monoisotopic (exact) mass is 293 g/mol. The summed E-state index contributed by atoms with van der Waals surface area (Å²) in [5.41, 5.74) is 2.96. The van der Waals surface area contributed by atoms with Gasteiger partial charge in [0.05, 0.1) is 6.04 Å². The molecule has 1 atom stereocenters. The Bertz CT molecular complexity index is 760. The largest absolute Gasteiger partial charge is 0.309 e. The van der Waals surface area contributed by atoms with Crippen LogP contribution in [0.3, 0.4) is 0 Å². The fourth-order valence-electron chi connectivity index (χ4n) is 3.45. The summed E-state index contributed by atoms with van der Waals surface area (Å²) < 4.78 is 0. The van der Waals surface area contributed by atoms with Crippen LogP contribution < -0.4 is 5.32 Å². The molecule has 1 aliphatic rings. The highest BCUT2D eigenvalue weighted by molar-refractivity contribution is 7.12. The van der Waals surface area contributed by atoms with E-state index in [0.717, 1.165) is 0 Å². The van der Waals surface area contributed by atoms with Crippen LogP contribution in [0.15, 0.2) is 48.5 Å². The molecule has 106 valence electrons. The number of aryl methyl sites for hydroxylation is 2. The van der Waals surface area contributed by atoms with Crippen LogP contribution in [0.25, 0.3) is 10.8 Å². The zero-order valence-corrected chi connectivity index (χ0v) is 13.0. The molecule has 1 aliphatic carbocycles. The van der Waals surface area contributed by atoms with Crippen LogP contribution in [-0.2, 0) is 12.8 Å². The van der Waals surface area contributed by atoms with Gasteiger partial charge >= 0.3 is 0 Å². The zero-order valence-electron chi connectivity index (χ0n) is 12.2. The number of fused-ring (bicyclic) bond motifs is 2. The summed E-state index contributed by atoms with van der Waals surface area (Å²) in [6.07, 6.45) is 3.86. The van der Waals surface area contributed by atoms with Crippen molar-refractivity contribution in [2.45, 2.75) is 25.3 Å². The van der Waals surface area contributed by atoms with Gasteiger partial charge < -0.3 is 5.32 Å². The lowest BCUT2D eigenvalue weighted by Crippen LogP contribution is -2.16. The van der Waals surface area contributed by atoms with E-state index in [0.29, 0.717) is 6.04 Å². The lowest BCUT2D eigenvalue weighted by atomic mass is 9.97. The lowest BCUT2D eigenvalue weighted by molar-refractivity contribution is 0.708. The smallest absolute Gasteiger partial charge is 0.0674 e. The number of thiophene rings is 1. The second-order valence-electron chi connectivity index (χ2n) is 5.74. The molecular formula is C19H19NS. The topological polar surface area (TPSA) is 12.0 Å². The molecule has 0 saturated heterocycles. The molecule has 2 heteroatoms. The molecule has 2 aromatic carbocycles. The fraction of sp³-hybridized carbons (Fsp3) is 0.263. The minimum atomic E-state index is 0.298. The molecule has 0 bridgehead atoms. The molecule has 0 saturated carbocycles. The summed E-state index contributed by atoms with van der Waals surface area (Å²) in [6.45, 7) is 0. The van der Waals surface area contributed by atoms with Crippen LogP contribution >= 0.6 is 11.3 Å². The van der Waals surface area contributed by atoms with Crippen molar-refractivity contribution in [3.05, 3.63) is 69.4 Å². The highest BCUT2D eigenvalue weighted by atomic mass is 32.1. The van der Waals surface area contributed by atoms with Gasteiger partial charge in [-0.1, -0.05) is 42.5 Å². The molecule has 0 spiro atoms. The predicted molar refractivity (Wildman–Crippen MR) is 91.2 cm³/mol. The first-order chi connectivity index (χ1) is 10.4. The number of rotatable bonds is 3. The van der Waals surface area contributed by atoms with E-state index in [-0.39, 0.29) is 0 Å². The van der Waals surface area contributed by atoms with Gasteiger partial charge in [0.25, 0.3) is 0 Å². The molecule has 1 heterocycles. The minimum Gasteiger partial charge on any atom is -0.309 e. The molecule has 1 aromatic heterocycles. The van der Waals surface area contributed by atoms with Gasteiger partial charge in [-0.15, -0.1) is 11.3 Å². The molecule has 4 rings (SSSR count). The first-order valence-corrected chi connectivity index (χ1v) is 8.45. The van der Waals surface area contributed by atoms with E-state index in [4.69, 9.17) is 0 Å². The molecule has 0 radical (unpaired) electrons. The second-order valence-corrected chi connectivity index (χ2v) is 6.91. The second kappa shape index (κ2) is 5.28. The fourth-order valence-corrected chi connectivity index (χ4v) is 4.83. The highest BCUT2D eigenvalue weighted by Gasteiger charge is 2.21. The van der Waals surface area contributed by atoms with Gasteiger partial charge in [-0.3, -0.25) is 0 Å². The van der Waals surface area contributed by atoms with Gasteiger partial charge in [0.2, 0.25) is 0 Å². The number of nitrogens with one attached hydrogen (secondary N) is 1. The first-order valence-electron chi connectivity index (χ1n) is 7.63. The van der Waals surface area contributed by atoms with Crippen LogP contribution in [0.4, 0.5) is 0 Å². The highest BCUT2D eigenvalue weighted by Crippen LogP contribution is 2.37. The van der Waals surface area contributed by atoms with E-state index in [2.05, 4.69) is 60.9 Å². The van der Waals surface area contributed by atoms with Crippen molar-refractivity contribution in [1.82, 2.24) is 5.32 Å². The van der Waals surface area contributed by atoms with Crippen LogP contribution in [0.5, 0.6) is 0 Å². The Hall–Kier alpha value is -1.64. The van der Waals surface area contributed by atoms with E-state index >= 15 is 0 Å². The standard InChI is InChI=1S/C19H19NS/c1-20-19(18-12-14-8-5-11-17(14)21-18)16-10-4-7-13-6-2-3-9-15(13)16/h2-4,6-7,9-10,12,19-20H,5,8,11H2,1H3. The van der Waals surface area contributed by atoms with Gasteiger partial charge in [0.1, 0.15) is 0 Å². The average Bonchev–Trinajstić information content (AvgIpc) is 3.10. The summed E-state index contributed by atoms with van der Waals surface area (Å²) >= 11 is 2.00. The maximum Gasteiger partial charge on any atom is 0.0674 e. The number of benzene rings is 2. The molecule has 0 aliphatic heterocycles.